The number of halogens is 1. The summed E-state index contributed by atoms with van der Waals surface area (Å²) in [5.41, 5.74) is 21.3. The first-order valence-electron chi connectivity index (χ1n) is 18.6. The van der Waals surface area contributed by atoms with E-state index in [0.717, 1.165) is 0 Å². The fourth-order valence-electron chi connectivity index (χ4n) is 5.78. The Morgan fingerprint density at radius 2 is 1.10 bits per heavy atom. The predicted octanol–water partition coefficient (Wildman–Crippen LogP) is 2.55. The van der Waals surface area contributed by atoms with Crippen LogP contribution in [0.1, 0.15) is 47.4 Å². The van der Waals surface area contributed by atoms with Crippen molar-refractivity contribution in [1.82, 2.24) is 29.9 Å². The smallest absolute Gasteiger partial charge is 0.267 e. The number of aromatic nitrogens is 6. The second-order valence-corrected chi connectivity index (χ2v) is 13.1. The Balaban J connectivity index is 0.000000234. The monoisotopic (exact) mass is 848 g/mol. The van der Waals surface area contributed by atoms with E-state index in [2.05, 4.69) is 51.2 Å². The summed E-state index contributed by atoms with van der Waals surface area (Å²) in [4.78, 5) is 92.8. The van der Waals surface area contributed by atoms with Crippen LogP contribution in [-0.2, 0) is 9.59 Å². The number of benzene rings is 2. The number of pyridine rings is 2. The van der Waals surface area contributed by atoms with E-state index in [1.165, 1.54) is 24.4 Å². The van der Waals surface area contributed by atoms with Crippen LogP contribution >= 0.6 is 0 Å². The van der Waals surface area contributed by atoms with Crippen LogP contribution in [0.3, 0.4) is 0 Å². The molecule has 0 saturated carbocycles. The topological polar surface area (TPSA) is 358 Å². The summed E-state index contributed by atoms with van der Waals surface area (Å²) >= 11 is 0. The Hall–Kier alpha value is -8.69. The molecule has 15 N–H and O–H groups in total. The van der Waals surface area contributed by atoms with Crippen molar-refractivity contribution in [3.8, 4) is 28.3 Å². The van der Waals surface area contributed by atoms with Gasteiger partial charge in [-0.05, 0) is 61.4 Å². The number of aromatic amines is 2. The van der Waals surface area contributed by atoms with Gasteiger partial charge in [0.1, 0.15) is 46.2 Å². The summed E-state index contributed by atoms with van der Waals surface area (Å²) in [6.45, 7) is 3.45. The second kappa shape index (κ2) is 19.8. The van der Waals surface area contributed by atoms with Crippen LogP contribution in [0.15, 0.2) is 94.8 Å². The van der Waals surface area contributed by atoms with Gasteiger partial charge in [0, 0.05) is 34.9 Å². The second-order valence-electron chi connectivity index (χ2n) is 13.1. The highest BCUT2D eigenvalue weighted by Crippen LogP contribution is 2.30. The Labute approximate surface area is 350 Å². The molecular formula is C40H41FN14O7. The Morgan fingerprint density at radius 3 is 1.50 bits per heavy atom. The summed E-state index contributed by atoms with van der Waals surface area (Å²) in [6, 6.07) is 17.6. The van der Waals surface area contributed by atoms with Crippen LogP contribution in [0.2, 0.25) is 0 Å². The summed E-state index contributed by atoms with van der Waals surface area (Å²) in [6.07, 6.45) is 3.70. The van der Waals surface area contributed by atoms with E-state index in [9.17, 15) is 38.3 Å². The van der Waals surface area contributed by atoms with E-state index in [4.69, 9.17) is 22.9 Å². The summed E-state index contributed by atoms with van der Waals surface area (Å²) in [7, 11) is 0. The molecule has 0 aliphatic carbocycles. The number of rotatable bonds is 16. The van der Waals surface area contributed by atoms with Crippen molar-refractivity contribution >= 4 is 58.5 Å². The van der Waals surface area contributed by atoms with Gasteiger partial charge in [-0.1, -0.05) is 38.1 Å². The van der Waals surface area contributed by atoms with Gasteiger partial charge in [0.15, 0.2) is 11.6 Å². The van der Waals surface area contributed by atoms with Gasteiger partial charge in [0.05, 0.1) is 0 Å². The number of nitrogens with one attached hydrogen (secondary N) is 6. The quantitative estimate of drug-likeness (QED) is 0.0667. The first-order valence-corrected chi connectivity index (χ1v) is 18.6. The van der Waals surface area contributed by atoms with Gasteiger partial charge in [-0.2, -0.15) is 9.97 Å². The molecule has 0 radical (unpaired) electrons. The molecule has 6 aromatic rings. The normalized spacial score (nSPS) is 11.5. The number of primary amides is 4. The molecule has 0 saturated heterocycles. The summed E-state index contributed by atoms with van der Waals surface area (Å²) in [5.74, 6) is -4.13. The molecule has 6 rings (SSSR count). The van der Waals surface area contributed by atoms with Crippen LogP contribution in [0.25, 0.3) is 22.5 Å². The zero-order valence-electron chi connectivity index (χ0n) is 33.0. The minimum atomic E-state index is -1.00. The largest absolute Gasteiger partial charge is 0.506 e. The number of aromatic hydroxyl groups is 1. The highest BCUT2D eigenvalue weighted by Gasteiger charge is 2.22. The highest BCUT2D eigenvalue weighted by molar-refractivity contribution is 5.99. The van der Waals surface area contributed by atoms with Crippen LogP contribution in [0.4, 0.5) is 39.3 Å². The average Bonchev–Trinajstić information content (AvgIpc) is 3.22. The number of carbonyl (C=O) groups is 4. The molecule has 4 aromatic heterocycles. The highest BCUT2D eigenvalue weighted by atomic mass is 19.1. The molecule has 4 heterocycles. The maximum atomic E-state index is 14.1. The zero-order valence-corrected chi connectivity index (χ0v) is 33.0. The van der Waals surface area contributed by atoms with Crippen molar-refractivity contribution in [3.63, 3.8) is 0 Å². The number of H-pyrrole nitrogens is 2. The lowest BCUT2D eigenvalue weighted by Gasteiger charge is -2.16. The SMILES string of the molecule is CC[C@@H](Nc1nc(Nc2cccc(-c3ncccc3F)c2)c(C(N)=O)c(=O)[nH]1)C(N)=O.CC[C@@H](Nc1nc(Nc2cccc(-c3ncccc3O)c2)c(C(N)=O)c(=O)[nH]1)C(N)=O. The number of carbonyl (C=O) groups excluding carboxylic acids is 4. The van der Waals surface area contributed by atoms with Gasteiger partial charge < -0.3 is 49.3 Å². The molecule has 0 aliphatic heterocycles. The third-order valence-electron chi connectivity index (χ3n) is 8.80. The average molecular weight is 849 g/mol. The molecular weight excluding hydrogens is 808 g/mol. The molecule has 0 fully saturated rings. The zero-order chi connectivity index (χ0) is 45.1. The lowest BCUT2D eigenvalue weighted by molar-refractivity contribution is -0.119. The van der Waals surface area contributed by atoms with E-state index in [-0.39, 0.29) is 40.5 Å². The molecule has 4 amide bonds. The number of amides is 4. The van der Waals surface area contributed by atoms with Crippen molar-refractivity contribution in [2.75, 3.05) is 21.3 Å². The number of hydrogen-bond donors (Lipinski definition) is 11. The lowest BCUT2D eigenvalue weighted by Crippen LogP contribution is -2.36. The molecule has 0 aliphatic rings. The van der Waals surface area contributed by atoms with Gasteiger partial charge >= 0.3 is 0 Å². The van der Waals surface area contributed by atoms with Crippen molar-refractivity contribution in [2.24, 2.45) is 22.9 Å². The predicted molar refractivity (Wildman–Crippen MR) is 228 cm³/mol. The van der Waals surface area contributed by atoms with Crippen molar-refractivity contribution in [2.45, 2.75) is 38.8 Å². The van der Waals surface area contributed by atoms with E-state index in [0.29, 0.717) is 41.0 Å². The van der Waals surface area contributed by atoms with E-state index in [1.54, 1.807) is 74.6 Å². The molecule has 320 valence electrons. The lowest BCUT2D eigenvalue weighted by atomic mass is 10.1. The van der Waals surface area contributed by atoms with Crippen LogP contribution in [0, 0.1) is 5.82 Å². The van der Waals surface area contributed by atoms with E-state index in [1.807, 2.05) is 0 Å². The number of nitrogens with zero attached hydrogens (tertiary/aromatic N) is 4. The molecule has 21 nitrogen and oxygen atoms in total. The number of hydrogen-bond acceptors (Lipinski definition) is 15. The van der Waals surface area contributed by atoms with Gasteiger partial charge in [0.25, 0.3) is 22.9 Å². The molecule has 2 atom stereocenters. The van der Waals surface area contributed by atoms with Gasteiger partial charge in [-0.3, -0.25) is 48.7 Å². The van der Waals surface area contributed by atoms with Gasteiger partial charge in [0.2, 0.25) is 23.7 Å². The molecule has 0 spiro atoms. The van der Waals surface area contributed by atoms with Crippen molar-refractivity contribution in [1.29, 1.82) is 0 Å². The molecule has 0 bridgehead atoms. The van der Waals surface area contributed by atoms with Crippen LogP contribution in [-0.4, -0.2) is 70.7 Å². The number of nitrogens with two attached hydrogens (primary N) is 4. The molecule has 22 heteroatoms. The Bertz CT molecular complexity index is 2580. The Kier molecular flexibility index (Phi) is 14.2. The third-order valence-corrected chi connectivity index (χ3v) is 8.80. The van der Waals surface area contributed by atoms with Crippen LogP contribution < -0.4 is 55.3 Å². The third kappa shape index (κ3) is 10.9. The van der Waals surface area contributed by atoms with E-state index < -0.39 is 58.2 Å². The minimum Gasteiger partial charge on any atom is -0.506 e. The summed E-state index contributed by atoms with van der Waals surface area (Å²) < 4.78 is 14.1. The van der Waals surface area contributed by atoms with Crippen molar-refractivity contribution in [3.05, 3.63) is 123 Å². The Morgan fingerprint density at radius 1 is 0.661 bits per heavy atom. The first-order chi connectivity index (χ1) is 29.6. The van der Waals surface area contributed by atoms with Crippen LogP contribution in [0.5, 0.6) is 5.75 Å². The first kappa shape index (κ1) is 44.4. The van der Waals surface area contributed by atoms with E-state index >= 15 is 0 Å². The fraction of sp³-hybridized carbons (Fsp3) is 0.150. The minimum absolute atomic E-state index is 0.00435. The van der Waals surface area contributed by atoms with Gasteiger partial charge in [-0.15, -0.1) is 0 Å². The maximum absolute atomic E-state index is 14.1. The number of anilines is 6. The molecule has 0 unspecified atom stereocenters. The maximum Gasteiger partial charge on any atom is 0.267 e. The standard InChI is InChI=1S/C20H20FN7O3.C20H21N7O4/c1-2-13(16(22)29)26-20-27-18(14(17(23)30)19(31)28-20)25-11-6-3-5-10(9-11)15-12(21)7-4-8-24-15;1-2-12(16(21)29)25-20-26-18(14(17(22)30)19(31)27-20)24-11-6-3-5-10(9-11)15-13(28)7-4-8-23-15/h3-9,13H,2H2,1H3,(H2,22,29)(H2,23,30)(H3,25,26,27,28,31);3-9,12,28H,2H2,1H3,(H2,21,29)(H2,22,30)(H3,24,25,26,27,31)/t13-;12-/m11/s1. The van der Waals surface area contributed by atoms with Gasteiger partial charge in [-0.25, -0.2) is 4.39 Å². The molecule has 2 aromatic carbocycles. The van der Waals surface area contributed by atoms with Crippen molar-refractivity contribution < 1.29 is 28.7 Å². The summed E-state index contributed by atoms with van der Waals surface area (Å²) in [5, 5.41) is 21.2. The fourth-order valence-corrected chi connectivity index (χ4v) is 5.78. The molecule has 62 heavy (non-hydrogen) atoms.